The maximum absolute atomic E-state index is 4.66. The summed E-state index contributed by atoms with van der Waals surface area (Å²) in [7, 11) is 4.15. The molecule has 118 valence electrons. The molecule has 0 amide bonds. The lowest BCUT2D eigenvalue weighted by atomic mass is 10.0. The van der Waals surface area contributed by atoms with Crippen molar-refractivity contribution in [2.45, 2.75) is 13.8 Å². The predicted molar refractivity (Wildman–Crippen MR) is 99.5 cm³/mol. The highest BCUT2D eigenvalue weighted by molar-refractivity contribution is 6.14. The zero-order valence-electron chi connectivity index (χ0n) is 14.3. The highest BCUT2D eigenvalue weighted by atomic mass is 15.1. The summed E-state index contributed by atoms with van der Waals surface area (Å²) in [5.74, 6) is 2.07. The van der Waals surface area contributed by atoms with Crippen LogP contribution < -0.4 is 0 Å². The monoisotopic (exact) mass is 314 g/mol. The zero-order chi connectivity index (χ0) is 16.6. The summed E-state index contributed by atoms with van der Waals surface area (Å²) >= 11 is 0. The van der Waals surface area contributed by atoms with Crippen LogP contribution in [-0.2, 0) is 14.1 Å². The summed E-state index contributed by atoms with van der Waals surface area (Å²) in [6.45, 7) is 4.09. The van der Waals surface area contributed by atoms with Gasteiger partial charge in [0.1, 0.15) is 11.6 Å². The van der Waals surface area contributed by atoms with Gasteiger partial charge in [-0.2, -0.15) is 0 Å². The quantitative estimate of drug-likeness (QED) is 0.398. The van der Waals surface area contributed by atoms with Gasteiger partial charge in [-0.15, -0.1) is 0 Å². The Morgan fingerprint density at radius 2 is 1.08 bits per heavy atom. The molecule has 5 rings (SSSR count). The summed E-state index contributed by atoms with van der Waals surface area (Å²) < 4.78 is 4.31. The van der Waals surface area contributed by atoms with Gasteiger partial charge in [-0.05, 0) is 59.7 Å². The molecule has 5 aromatic rings. The number of hydrogen-bond donors (Lipinski definition) is 0. The van der Waals surface area contributed by atoms with Gasteiger partial charge in [0.25, 0.3) is 0 Å². The second-order valence-corrected chi connectivity index (χ2v) is 6.63. The molecule has 2 aromatic heterocycles. The second kappa shape index (κ2) is 4.35. The summed E-state index contributed by atoms with van der Waals surface area (Å²) in [4.78, 5) is 9.32. The first-order valence-electron chi connectivity index (χ1n) is 8.15. The van der Waals surface area contributed by atoms with Crippen molar-refractivity contribution in [3.63, 3.8) is 0 Å². The molecule has 4 nitrogen and oxygen atoms in total. The second-order valence-electron chi connectivity index (χ2n) is 6.63. The standard InChI is InChI=1S/C20H18N4/c1-11-21-17-7-13-5-6-14-8-18-20(24(4)12(2)22-18)10-16(14)15(13)9-19(17)23(11)3/h5-10H,1-4H3. The number of benzene rings is 3. The third kappa shape index (κ3) is 1.63. The van der Waals surface area contributed by atoms with E-state index in [1.54, 1.807) is 0 Å². The lowest BCUT2D eigenvalue weighted by Crippen LogP contribution is -1.91. The number of rotatable bonds is 0. The van der Waals surface area contributed by atoms with Crippen LogP contribution in [0.25, 0.3) is 43.6 Å². The average Bonchev–Trinajstić information content (AvgIpc) is 3.00. The maximum atomic E-state index is 4.66. The van der Waals surface area contributed by atoms with Crippen LogP contribution in [0.3, 0.4) is 0 Å². The first-order valence-corrected chi connectivity index (χ1v) is 8.15. The Labute approximate surface area is 139 Å². The van der Waals surface area contributed by atoms with Crippen molar-refractivity contribution in [1.29, 1.82) is 0 Å². The SMILES string of the molecule is Cc1nc2cc3ccc4cc5nc(C)n(C)c5cc4c3cc2n1C. The number of hydrogen-bond acceptors (Lipinski definition) is 2. The third-order valence-electron chi connectivity index (χ3n) is 5.28. The highest BCUT2D eigenvalue weighted by Gasteiger charge is 2.11. The van der Waals surface area contributed by atoms with Crippen LogP contribution in [0.15, 0.2) is 36.4 Å². The fourth-order valence-electron chi connectivity index (χ4n) is 3.67. The van der Waals surface area contributed by atoms with Gasteiger partial charge < -0.3 is 9.13 Å². The molecule has 0 aliphatic carbocycles. The topological polar surface area (TPSA) is 35.6 Å². The molecule has 4 heteroatoms. The van der Waals surface area contributed by atoms with Crippen molar-refractivity contribution < 1.29 is 0 Å². The van der Waals surface area contributed by atoms with Gasteiger partial charge in [-0.1, -0.05) is 12.1 Å². The van der Waals surface area contributed by atoms with Crippen molar-refractivity contribution in [2.75, 3.05) is 0 Å². The minimum atomic E-state index is 1.04. The van der Waals surface area contributed by atoms with Crippen LogP contribution in [0, 0.1) is 13.8 Å². The molecule has 0 atom stereocenters. The lowest BCUT2D eigenvalue weighted by Gasteiger charge is -2.06. The number of fused-ring (bicyclic) bond motifs is 5. The fourth-order valence-corrected chi connectivity index (χ4v) is 3.67. The maximum Gasteiger partial charge on any atom is 0.106 e. The number of imidazole rings is 2. The summed E-state index contributed by atoms with van der Waals surface area (Å²) in [6, 6.07) is 13.3. The Morgan fingerprint density at radius 3 is 1.50 bits per heavy atom. The Kier molecular flexibility index (Phi) is 2.46. The van der Waals surface area contributed by atoms with Gasteiger partial charge in [0.15, 0.2) is 0 Å². The average molecular weight is 314 g/mol. The molecular weight excluding hydrogens is 296 g/mol. The molecular formula is C20H18N4. The first kappa shape index (κ1) is 13.5. The zero-order valence-corrected chi connectivity index (χ0v) is 14.3. The van der Waals surface area contributed by atoms with Gasteiger partial charge in [-0.3, -0.25) is 0 Å². The van der Waals surface area contributed by atoms with Crippen LogP contribution in [0.2, 0.25) is 0 Å². The molecule has 24 heavy (non-hydrogen) atoms. The smallest absolute Gasteiger partial charge is 0.106 e. The molecule has 0 saturated carbocycles. The predicted octanol–water partition coefficient (Wildman–Crippen LogP) is 4.38. The van der Waals surface area contributed by atoms with E-state index in [1.807, 2.05) is 13.8 Å². The molecule has 0 fully saturated rings. The number of aromatic nitrogens is 4. The van der Waals surface area contributed by atoms with Crippen molar-refractivity contribution >= 4 is 43.6 Å². The Hall–Kier alpha value is -2.88. The minimum absolute atomic E-state index is 1.04. The van der Waals surface area contributed by atoms with E-state index in [4.69, 9.17) is 0 Å². The van der Waals surface area contributed by atoms with Crippen LogP contribution in [0.1, 0.15) is 11.6 Å². The molecule has 0 N–H and O–H groups in total. The van der Waals surface area contributed by atoms with Crippen LogP contribution in [-0.4, -0.2) is 19.1 Å². The Balaban J connectivity index is 2.00. The van der Waals surface area contributed by atoms with E-state index in [-0.39, 0.29) is 0 Å². The summed E-state index contributed by atoms with van der Waals surface area (Å²) in [5.41, 5.74) is 4.46. The van der Waals surface area contributed by atoms with Crippen LogP contribution >= 0.6 is 0 Å². The third-order valence-corrected chi connectivity index (χ3v) is 5.28. The summed E-state index contributed by atoms with van der Waals surface area (Å²) in [6.07, 6.45) is 0. The fraction of sp³-hybridized carbons (Fsp3) is 0.200. The van der Waals surface area contributed by atoms with Crippen molar-refractivity contribution in [1.82, 2.24) is 19.1 Å². The molecule has 0 saturated heterocycles. The van der Waals surface area contributed by atoms with E-state index >= 15 is 0 Å². The summed E-state index contributed by atoms with van der Waals surface area (Å²) in [5, 5.41) is 4.99. The van der Waals surface area contributed by atoms with Gasteiger partial charge in [0.05, 0.1) is 22.1 Å². The van der Waals surface area contributed by atoms with Gasteiger partial charge >= 0.3 is 0 Å². The Morgan fingerprint density at radius 1 is 0.667 bits per heavy atom. The van der Waals surface area contributed by atoms with E-state index < -0.39 is 0 Å². The van der Waals surface area contributed by atoms with E-state index in [1.165, 1.54) is 32.6 Å². The highest BCUT2D eigenvalue weighted by Crippen LogP contribution is 2.32. The first-order chi connectivity index (χ1) is 11.5. The van der Waals surface area contributed by atoms with Gasteiger partial charge in [-0.25, -0.2) is 9.97 Å². The molecule has 0 aliphatic heterocycles. The molecule has 2 heterocycles. The minimum Gasteiger partial charge on any atom is -0.331 e. The van der Waals surface area contributed by atoms with Crippen molar-refractivity contribution in [3.8, 4) is 0 Å². The van der Waals surface area contributed by atoms with E-state index in [9.17, 15) is 0 Å². The molecule has 3 aromatic carbocycles. The lowest BCUT2D eigenvalue weighted by molar-refractivity contribution is 0.886. The van der Waals surface area contributed by atoms with E-state index in [0.29, 0.717) is 0 Å². The van der Waals surface area contributed by atoms with E-state index in [2.05, 4.69) is 69.6 Å². The largest absolute Gasteiger partial charge is 0.331 e. The van der Waals surface area contributed by atoms with Gasteiger partial charge in [0, 0.05) is 14.1 Å². The van der Waals surface area contributed by atoms with Gasteiger partial charge in [0.2, 0.25) is 0 Å². The van der Waals surface area contributed by atoms with E-state index in [0.717, 1.165) is 22.7 Å². The Bertz CT molecular complexity index is 1190. The van der Waals surface area contributed by atoms with Crippen molar-refractivity contribution in [3.05, 3.63) is 48.0 Å². The molecule has 0 spiro atoms. The molecule has 0 bridgehead atoms. The number of aryl methyl sites for hydroxylation is 4. The number of nitrogens with zero attached hydrogens (tertiary/aromatic N) is 4. The molecule has 0 aliphatic rings. The van der Waals surface area contributed by atoms with Crippen molar-refractivity contribution in [2.24, 2.45) is 14.1 Å². The van der Waals surface area contributed by atoms with Crippen LogP contribution in [0.5, 0.6) is 0 Å². The molecule has 0 unspecified atom stereocenters. The molecule has 0 radical (unpaired) electrons. The van der Waals surface area contributed by atoms with Crippen LogP contribution in [0.4, 0.5) is 0 Å². The normalized spacial score (nSPS) is 12.2.